The Morgan fingerprint density at radius 3 is 2.65 bits per heavy atom. The number of carbonyl (C=O) groups is 1. The maximum atomic E-state index is 13.2. The molecule has 0 radical (unpaired) electrons. The van der Waals surface area contributed by atoms with Gasteiger partial charge in [0.15, 0.2) is 11.2 Å². The number of pyridine rings is 1. The van der Waals surface area contributed by atoms with E-state index in [0.717, 1.165) is 11.8 Å². The summed E-state index contributed by atoms with van der Waals surface area (Å²) in [7, 11) is 0. The molecule has 0 saturated heterocycles. The second-order valence-electron chi connectivity index (χ2n) is 6.15. The molecular weight excluding hydrogens is 339 g/mol. The van der Waals surface area contributed by atoms with Crippen molar-refractivity contribution in [3.8, 4) is 11.5 Å². The lowest BCUT2D eigenvalue weighted by Gasteiger charge is -2.16. The number of nitrogens with one attached hydrogen (secondary N) is 1. The number of nitrogens with zero attached hydrogens (tertiary/aromatic N) is 1. The van der Waals surface area contributed by atoms with E-state index in [9.17, 15) is 14.0 Å². The van der Waals surface area contributed by atoms with Gasteiger partial charge in [0.2, 0.25) is 0 Å². The van der Waals surface area contributed by atoms with Gasteiger partial charge in [-0.3, -0.25) is 4.79 Å². The Hall–Kier alpha value is -3.22. The van der Waals surface area contributed by atoms with Crippen molar-refractivity contribution in [2.45, 2.75) is 26.8 Å². The van der Waals surface area contributed by atoms with Gasteiger partial charge in [0, 0.05) is 11.1 Å². The molecule has 0 saturated carbocycles. The first-order valence-electron chi connectivity index (χ1n) is 7.97. The van der Waals surface area contributed by atoms with Gasteiger partial charge in [-0.25, -0.2) is 14.2 Å². The minimum absolute atomic E-state index is 0.232. The van der Waals surface area contributed by atoms with Crippen LogP contribution in [0.15, 0.2) is 39.7 Å². The van der Waals surface area contributed by atoms with E-state index in [1.165, 1.54) is 12.1 Å². The number of carboxylic acid groups (broad SMARTS) is 1. The molecule has 0 fully saturated rings. The molecule has 3 aromatic rings. The minimum atomic E-state index is -1.18. The molecule has 6 nitrogen and oxygen atoms in total. The Balaban J connectivity index is 2.31. The van der Waals surface area contributed by atoms with Crippen molar-refractivity contribution in [1.29, 1.82) is 0 Å². The van der Waals surface area contributed by atoms with Crippen LogP contribution in [0.4, 0.5) is 9.18 Å². The van der Waals surface area contributed by atoms with Crippen LogP contribution >= 0.6 is 0 Å². The summed E-state index contributed by atoms with van der Waals surface area (Å²) in [6.45, 7) is 5.10. The lowest BCUT2D eigenvalue weighted by Crippen LogP contribution is -2.25. The van der Waals surface area contributed by atoms with Crippen LogP contribution < -0.4 is 10.7 Å². The summed E-state index contributed by atoms with van der Waals surface area (Å²) in [4.78, 5) is 27.8. The number of hydrogen-bond donors (Lipinski definition) is 2. The number of amides is 1. The lowest BCUT2D eigenvalue weighted by atomic mass is 10.00. The molecule has 2 aromatic heterocycles. The van der Waals surface area contributed by atoms with Crippen LogP contribution in [-0.2, 0) is 0 Å². The average molecular weight is 356 g/mol. The summed E-state index contributed by atoms with van der Waals surface area (Å²) in [5, 5.41) is 11.7. The SMILES string of the molecule is Cc1cc([C@@H](C)NC(=O)O)c2oc(-c3ccc(F)cn3)c(C)c(=O)c2c1. The highest BCUT2D eigenvalue weighted by Gasteiger charge is 2.20. The quantitative estimate of drug-likeness (QED) is 0.741. The molecule has 1 amide bonds. The van der Waals surface area contributed by atoms with Crippen molar-refractivity contribution in [2.24, 2.45) is 0 Å². The second-order valence-corrected chi connectivity index (χ2v) is 6.15. The van der Waals surface area contributed by atoms with E-state index in [1.807, 2.05) is 6.92 Å². The zero-order valence-corrected chi connectivity index (χ0v) is 14.5. The zero-order chi connectivity index (χ0) is 19.0. The molecule has 134 valence electrons. The van der Waals surface area contributed by atoms with Crippen LogP contribution in [0.25, 0.3) is 22.4 Å². The van der Waals surface area contributed by atoms with Gasteiger partial charge in [0.1, 0.15) is 17.1 Å². The maximum absolute atomic E-state index is 13.2. The van der Waals surface area contributed by atoms with E-state index in [2.05, 4.69) is 10.3 Å². The van der Waals surface area contributed by atoms with Crippen molar-refractivity contribution in [2.75, 3.05) is 0 Å². The predicted octanol–water partition coefficient (Wildman–Crippen LogP) is 3.94. The first-order valence-corrected chi connectivity index (χ1v) is 7.97. The van der Waals surface area contributed by atoms with Crippen LogP contribution in [0.2, 0.25) is 0 Å². The summed E-state index contributed by atoms with van der Waals surface area (Å²) < 4.78 is 19.1. The molecule has 0 aliphatic rings. The minimum Gasteiger partial charge on any atom is -0.465 e. The van der Waals surface area contributed by atoms with Gasteiger partial charge in [0.25, 0.3) is 0 Å². The summed E-state index contributed by atoms with van der Waals surface area (Å²) in [6.07, 6.45) is -0.133. The van der Waals surface area contributed by atoms with Gasteiger partial charge < -0.3 is 14.8 Å². The van der Waals surface area contributed by atoms with Gasteiger partial charge in [-0.05, 0) is 44.5 Å². The number of halogens is 1. The zero-order valence-electron chi connectivity index (χ0n) is 14.5. The first kappa shape index (κ1) is 17.6. The molecule has 0 unspecified atom stereocenters. The third-order valence-electron chi connectivity index (χ3n) is 4.16. The summed E-state index contributed by atoms with van der Waals surface area (Å²) in [5.41, 5.74) is 2.09. The molecule has 0 spiro atoms. The Morgan fingerprint density at radius 2 is 2.04 bits per heavy atom. The van der Waals surface area contributed by atoms with E-state index >= 15 is 0 Å². The van der Waals surface area contributed by atoms with Crippen molar-refractivity contribution in [3.63, 3.8) is 0 Å². The Labute approximate surface area is 148 Å². The number of benzene rings is 1. The van der Waals surface area contributed by atoms with Gasteiger partial charge in [0.05, 0.1) is 17.6 Å². The van der Waals surface area contributed by atoms with Gasteiger partial charge in [-0.1, -0.05) is 6.07 Å². The molecule has 0 aliphatic heterocycles. The van der Waals surface area contributed by atoms with Crippen molar-refractivity contribution in [1.82, 2.24) is 10.3 Å². The Bertz CT molecular complexity index is 1060. The van der Waals surface area contributed by atoms with Crippen LogP contribution in [-0.4, -0.2) is 16.2 Å². The molecule has 2 heterocycles. The summed E-state index contributed by atoms with van der Waals surface area (Å²) in [6, 6.07) is 5.54. The topological polar surface area (TPSA) is 92.4 Å². The van der Waals surface area contributed by atoms with E-state index < -0.39 is 18.0 Å². The maximum Gasteiger partial charge on any atom is 0.405 e. The summed E-state index contributed by atoms with van der Waals surface area (Å²) >= 11 is 0. The molecule has 3 rings (SSSR count). The van der Waals surface area contributed by atoms with Gasteiger partial charge in [-0.2, -0.15) is 0 Å². The number of hydrogen-bond acceptors (Lipinski definition) is 4. The summed E-state index contributed by atoms with van der Waals surface area (Å²) in [5.74, 6) is -0.264. The smallest absolute Gasteiger partial charge is 0.405 e. The Morgan fingerprint density at radius 1 is 1.31 bits per heavy atom. The highest BCUT2D eigenvalue weighted by atomic mass is 19.1. The molecule has 1 atom stereocenters. The van der Waals surface area contributed by atoms with E-state index in [4.69, 9.17) is 9.52 Å². The van der Waals surface area contributed by atoms with Crippen molar-refractivity contribution in [3.05, 3.63) is 63.2 Å². The Kier molecular flexibility index (Phi) is 4.46. The lowest BCUT2D eigenvalue weighted by molar-refractivity contribution is 0.191. The number of aryl methyl sites for hydroxylation is 1. The highest BCUT2D eigenvalue weighted by molar-refractivity contribution is 5.84. The first-order chi connectivity index (χ1) is 12.3. The molecule has 0 aliphatic carbocycles. The number of rotatable bonds is 3. The predicted molar refractivity (Wildman–Crippen MR) is 94.7 cm³/mol. The van der Waals surface area contributed by atoms with Crippen LogP contribution in [0.3, 0.4) is 0 Å². The standard InChI is InChI=1S/C19H17FN2O4/c1-9-6-13(11(3)22-19(24)25)18-14(7-9)16(23)10(2)17(26-18)15-5-4-12(20)8-21-15/h4-8,11,22H,1-3H3,(H,24,25)/t11-/m1/s1. The fraction of sp³-hybridized carbons (Fsp3) is 0.211. The van der Waals surface area contributed by atoms with Gasteiger partial charge >= 0.3 is 6.09 Å². The van der Waals surface area contributed by atoms with Crippen LogP contribution in [0.5, 0.6) is 0 Å². The van der Waals surface area contributed by atoms with Crippen molar-refractivity contribution >= 4 is 17.1 Å². The fourth-order valence-electron chi connectivity index (χ4n) is 2.91. The van der Waals surface area contributed by atoms with Crippen LogP contribution in [0.1, 0.15) is 29.7 Å². The highest BCUT2D eigenvalue weighted by Crippen LogP contribution is 2.30. The van der Waals surface area contributed by atoms with Crippen LogP contribution in [0, 0.1) is 19.7 Å². The van der Waals surface area contributed by atoms with E-state index in [-0.39, 0.29) is 16.8 Å². The van der Waals surface area contributed by atoms with E-state index in [0.29, 0.717) is 22.2 Å². The molecule has 2 N–H and O–H groups in total. The number of aromatic nitrogens is 1. The van der Waals surface area contributed by atoms with Gasteiger partial charge in [-0.15, -0.1) is 0 Å². The average Bonchev–Trinajstić information content (AvgIpc) is 2.58. The number of fused-ring (bicyclic) bond motifs is 1. The fourth-order valence-corrected chi connectivity index (χ4v) is 2.91. The molecule has 0 bridgehead atoms. The molecule has 7 heteroatoms. The molecular formula is C19H17FN2O4. The molecule has 26 heavy (non-hydrogen) atoms. The monoisotopic (exact) mass is 356 g/mol. The molecule has 1 aromatic carbocycles. The largest absolute Gasteiger partial charge is 0.465 e. The van der Waals surface area contributed by atoms with E-state index in [1.54, 1.807) is 26.0 Å². The third kappa shape index (κ3) is 3.15. The second kappa shape index (κ2) is 6.59. The normalized spacial score (nSPS) is 12.2. The third-order valence-corrected chi connectivity index (χ3v) is 4.16. The van der Waals surface area contributed by atoms with Crippen molar-refractivity contribution < 1.29 is 18.7 Å².